The summed E-state index contributed by atoms with van der Waals surface area (Å²) < 4.78 is 0. The molecule has 1 fully saturated rings. The Morgan fingerprint density at radius 2 is 2.33 bits per heavy atom. The third-order valence-electron chi connectivity index (χ3n) is 2.09. The number of nitrogens with zero attached hydrogens (tertiary/aromatic N) is 1. The zero-order valence-electron chi connectivity index (χ0n) is 6.35. The molecule has 9 heavy (non-hydrogen) atoms. The van der Waals surface area contributed by atoms with Crippen LogP contribution in [0.2, 0.25) is 0 Å². The molecule has 1 heterocycles. The van der Waals surface area contributed by atoms with Gasteiger partial charge in [0.05, 0.1) is 6.04 Å². The summed E-state index contributed by atoms with van der Waals surface area (Å²) in [5, 5.41) is 0. The van der Waals surface area contributed by atoms with Crippen LogP contribution in [0.15, 0.2) is 0 Å². The summed E-state index contributed by atoms with van der Waals surface area (Å²) >= 11 is 0. The molecule has 0 aromatic carbocycles. The Labute approximate surface area is 57.4 Å². The van der Waals surface area contributed by atoms with Gasteiger partial charge in [0.25, 0.3) is 0 Å². The van der Waals surface area contributed by atoms with Gasteiger partial charge in [-0.25, -0.2) is 0 Å². The molecule has 0 aromatic heterocycles. The monoisotopic (exact) mass is 128 g/mol. The molecule has 54 valence electrons. The first-order valence-electron chi connectivity index (χ1n) is 3.54. The Kier molecular flexibility index (Phi) is 2.09. The molecule has 2 heteroatoms. The highest BCUT2D eigenvalue weighted by atomic mass is 15.2. The van der Waals surface area contributed by atoms with Gasteiger partial charge in [-0.2, -0.15) is 7.05 Å². The Balaban J connectivity index is 2.30. The number of rotatable bonds is 1. The molecule has 0 aromatic rings. The molecule has 1 aliphatic heterocycles. The van der Waals surface area contributed by atoms with Gasteiger partial charge in [0, 0.05) is 26.6 Å². The number of likely N-dealkylation sites (N-methyl/N-ethyl adjacent to an activating group) is 2. The molecule has 1 N–H and O–H groups in total. The summed E-state index contributed by atoms with van der Waals surface area (Å²) in [6.07, 6.45) is 1.31. The summed E-state index contributed by atoms with van der Waals surface area (Å²) in [6, 6.07) is 0.773. The highest BCUT2D eigenvalue weighted by Gasteiger charge is 2.21. The van der Waals surface area contributed by atoms with Gasteiger partial charge >= 0.3 is 0 Å². The first-order chi connectivity index (χ1) is 4.20. The number of hydrogen-bond donors (Lipinski definition) is 1. The average molecular weight is 128 g/mol. The third kappa shape index (κ3) is 1.66. The second kappa shape index (κ2) is 2.67. The van der Waals surface area contributed by atoms with E-state index in [0.717, 1.165) is 6.04 Å². The summed E-state index contributed by atoms with van der Waals surface area (Å²) in [6.45, 7) is 2.47. The van der Waals surface area contributed by atoms with Gasteiger partial charge in [-0.15, -0.1) is 0 Å². The molecule has 0 saturated carbocycles. The summed E-state index contributed by atoms with van der Waals surface area (Å²) in [7, 11) is 8.24. The lowest BCUT2D eigenvalue weighted by Crippen LogP contribution is -3.08. The van der Waals surface area contributed by atoms with Crippen molar-refractivity contribution in [2.45, 2.75) is 12.5 Å². The Morgan fingerprint density at radius 3 is 2.56 bits per heavy atom. The molecule has 1 aliphatic rings. The summed E-state index contributed by atoms with van der Waals surface area (Å²) in [5.41, 5.74) is 0. The second-order valence-corrected chi connectivity index (χ2v) is 3.09. The van der Waals surface area contributed by atoms with E-state index in [4.69, 9.17) is 0 Å². The summed E-state index contributed by atoms with van der Waals surface area (Å²) in [4.78, 5) is 3.71. The lowest BCUT2D eigenvalue weighted by molar-refractivity contribution is -0.857. The van der Waals surface area contributed by atoms with Crippen LogP contribution in [-0.2, 0) is 0 Å². The van der Waals surface area contributed by atoms with Crippen LogP contribution in [0.1, 0.15) is 6.42 Å². The maximum atomic E-state index is 3.94. The normalized spacial score (nSPS) is 33.0. The fourth-order valence-corrected chi connectivity index (χ4v) is 1.34. The Hall–Kier alpha value is -0.0800. The predicted molar refractivity (Wildman–Crippen MR) is 38.1 cm³/mol. The molecule has 1 saturated heterocycles. The van der Waals surface area contributed by atoms with Crippen molar-refractivity contribution < 1.29 is 4.90 Å². The van der Waals surface area contributed by atoms with E-state index in [1.54, 1.807) is 0 Å². The van der Waals surface area contributed by atoms with Gasteiger partial charge in [0.15, 0.2) is 0 Å². The van der Waals surface area contributed by atoms with Crippen molar-refractivity contribution in [3.8, 4) is 0 Å². The van der Waals surface area contributed by atoms with Crippen molar-refractivity contribution in [1.82, 2.24) is 4.90 Å². The summed E-state index contributed by atoms with van der Waals surface area (Å²) in [5.74, 6) is 0. The molecule has 2 nitrogen and oxygen atoms in total. The van der Waals surface area contributed by atoms with Crippen LogP contribution in [0.3, 0.4) is 0 Å². The van der Waals surface area contributed by atoms with Crippen LogP contribution in [0.25, 0.3) is 0 Å². The molecular formula is C7H16N2. The van der Waals surface area contributed by atoms with Crippen LogP contribution in [-0.4, -0.2) is 38.1 Å². The van der Waals surface area contributed by atoms with Gasteiger partial charge < -0.3 is 9.80 Å². The maximum Gasteiger partial charge on any atom is 0.0774 e. The molecule has 0 radical (unpaired) electrons. The van der Waals surface area contributed by atoms with E-state index in [2.05, 4.69) is 26.0 Å². The minimum absolute atomic E-state index is 0.773. The van der Waals surface area contributed by atoms with Gasteiger partial charge in [0.2, 0.25) is 0 Å². The molecule has 0 spiro atoms. The van der Waals surface area contributed by atoms with E-state index in [-0.39, 0.29) is 0 Å². The lowest BCUT2D eigenvalue weighted by atomic mass is 10.2. The van der Waals surface area contributed by atoms with Gasteiger partial charge in [-0.1, -0.05) is 0 Å². The Morgan fingerprint density at radius 1 is 1.67 bits per heavy atom. The van der Waals surface area contributed by atoms with Crippen molar-refractivity contribution in [1.29, 1.82) is 0 Å². The van der Waals surface area contributed by atoms with Crippen molar-refractivity contribution in [3.63, 3.8) is 0 Å². The van der Waals surface area contributed by atoms with Crippen LogP contribution in [0.5, 0.6) is 0 Å². The smallest absolute Gasteiger partial charge is 0.0774 e. The maximum absolute atomic E-state index is 3.94. The van der Waals surface area contributed by atoms with Crippen molar-refractivity contribution >= 4 is 0 Å². The number of hydrogen-bond acceptors (Lipinski definition) is 1. The minimum Gasteiger partial charge on any atom is -0.467 e. The van der Waals surface area contributed by atoms with Crippen LogP contribution < -0.4 is 4.90 Å². The van der Waals surface area contributed by atoms with E-state index < -0.39 is 0 Å². The molecule has 1 rings (SSSR count). The third-order valence-corrected chi connectivity index (χ3v) is 2.09. The molecule has 0 bridgehead atoms. The largest absolute Gasteiger partial charge is 0.467 e. The molecule has 0 aliphatic carbocycles. The second-order valence-electron chi connectivity index (χ2n) is 3.09. The predicted octanol–water partition coefficient (Wildman–Crippen LogP) is -1.00. The molecule has 1 unspecified atom stereocenters. The van der Waals surface area contributed by atoms with Crippen LogP contribution >= 0.6 is 0 Å². The van der Waals surface area contributed by atoms with E-state index in [9.17, 15) is 0 Å². The zero-order chi connectivity index (χ0) is 6.85. The number of likely N-dealkylation sites (tertiary alicyclic amines) is 1. The first kappa shape index (κ1) is 7.03. The van der Waals surface area contributed by atoms with Gasteiger partial charge in [-0.3, -0.25) is 0 Å². The molecule has 0 amide bonds. The SMILES string of the molecule is [CH2-][NH+](C)[C@H]1CCN(C)C1. The molecule has 2 atom stereocenters. The number of nitrogens with one attached hydrogen (secondary N) is 1. The van der Waals surface area contributed by atoms with Gasteiger partial charge in [-0.05, 0) is 7.05 Å². The highest BCUT2D eigenvalue weighted by molar-refractivity contribution is 4.70. The topological polar surface area (TPSA) is 7.68 Å². The van der Waals surface area contributed by atoms with Crippen LogP contribution in [0.4, 0.5) is 0 Å². The van der Waals surface area contributed by atoms with E-state index in [1.807, 2.05) is 0 Å². The quantitative estimate of drug-likeness (QED) is 0.445. The standard InChI is InChI=1S/C7H16N2/c1-8(2)7-4-5-9(3)6-7/h7-8H,1,4-6H2,2-3H3/t7-/m0/s1. The first-order valence-corrected chi connectivity index (χ1v) is 3.54. The number of quaternary nitrogens is 1. The van der Waals surface area contributed by atoms with E-state index in [0.29, 0.717) is 0 Å². The molecular weight excluding hydrogens is 112 g/mol. The van der Waals surface area contributed by atoms with Crippen LogP contribution in [0, 0.1) is 7.05 Å². The van der Waals surface area contributed by atoms with Crippen molar-refractivity contribution in [2.24, 2.45) is 0 Å². The fourth-order valence-electron chi connectivity index (χ4n) is 1.34. The Bertz CT molecular complexity index is 90.9. The average Bonchev–Trinajstić information content (AvgIpc) is 2.14. The lowest BCUT2D eigenvalue weighted by Gasteiger charge is -2.22. The zero-order valence-corrected chi connectivity index (χ0v) is 6.35. The van der Waals surface area contributed by atoms with Crippen molar-refractivity contribution in [3.05, 3.63) is 7.05 Å². The minimum atomic E-state index is 0.773. The highest BCUT2D eigenvalue weighted by Crippen LogP contribution is 2.01. The van der Waals surface area contributed by atoms with E-state index >= 15 is 0 Å². The van der Waals surface area contributed by atoms with E-state index in [1.165, 1.54) is 24.4 Å². The fraction of sp³-hybridized carbons (Fsp3) is 0.857. The van der Waals surface area contributed by atoms with Gasteiger partial charge in [0.1, 0.15) is 0 Å². The van der Waals surface area contributed by atoms with Crippen molar-refractivity contribution in [2.75, 3.05) is 27.2 Å².